The summed E-state index contributed by atoms with van der Waals surface area (Å²) < 4.78 is 5.52. The Kier molecular flexibility index (Phi) is 3.83. The summed E-state index contributed by atoms with van der Waals surface area (Å²) >= 11 is 0.825. The van der Waals surface area contributed by atoms with E-state index in [-0.39, 0.29) is 22.5 Å². The number of nitrogens with one attached hydrogen (secondary N) is 1. The van der Waals surface area contributed by atoms with E-state index < -0.39 is 4.92 Å². The van der Waals surface area contributed by atoms with Gasteiger partial charge >= 0.3 is 5.00 Å². The Bertz CT molecular complexity index is 913. The number of anilines is 1. The highest BCUT2D eigenvalue weighted by atomic mass is 32.1. The van der Waals surface area contributed by atoms with Gasteiger partial charge in [-0.15, -0.1) is 0 Å². The van der Waals surface area contributed by atoms with Crippen LogP contribution in [-0.4, -0.2) is 15.8 Å². The van der Waals surface area contributed by atoms with Gasteiger partial charge in [-0.05, 0) is 42.4 Å². The lowest BCUT2D eigenvalue weighted by Crippen LogP contribution is -2.14. The van der Waals surface area contributed by atoms with Crippen LogP contribution in [0.1, 0.15) is 16.7 Å². The molecule has 1 amide bonds. The molecule has 0 unspecified atom stereocenters. The van der Waals surface area contributed by atoms with Gasteiger partial charge in [-0.1, -0.05) is 6.07 Å². The van der Waals surface area contributed by atoms with E-state index in [1.807, 2.05) is 26.0 Å². The van der Waals surface area contributed by atoms with Crippen LogP contribution in [0.4, 0.5) is 10.1 Å². The number of nitro groups is 1. The molecular weight excluding hydrogens is 318 g/mol. The monoisotopic (exact) mass is 331 g/mol. The average molecular weight is 331 g/mol. The van der Waals surface area contributed by atoms with Gasteiger partial charge in [0.05, 0.1) is 17.6 Å². The Morgan fingerprint density at radius 3 is 2.91 bits per heavy atom. The average Bonchev–Trinajstić information content (AvgIpc) is 3.06. The fourth-order valence-corrected chi connectivity index (χ4v) is 3.15. The molecule has 1 N–H and O–H groups in total. The zero-order chi connectivity index (χ0) is 16.6. The van der Waals surface area contributed by atoms with Crippen molar-refractivity contribution in [2.24, 2.45) is 0 Å². The van der Waals surface area contributed by atoms with Gasteiger partial charge in [0.15, 0.2) is 5.13 Å². The van der Waals surface area contributed by atoms with Crippen molar-refractivity contribution in [2.75, 3.05) is 5.32 Å². The maximum atomic E-state index is 12.1. The lowest BCUT2D eigenvalue weighted by atomic mass is 10.0. The number of hydrogen-bond donors (Lipinski definition) is 1. The largest absolute Gasteiger partial charge is 0.464 e. The van der Waals surface area contributed by atoms with Gasteiger partial charge in [0.2, 0.25) is 5.91 Å². The molecule has 0 aliphatic heterocycles. The number of aryl methyl sites for hydroxylation is 2. The Labute approximate surface area is 135 Å². The molecule has 2 heterocycles. The Morgan fingerprint density at radius 1 is 1.43 bits per heavy atom. The van der Waals surface area contributed by atoms with Crippen molar-refractivity contribution in [3.8, 4) is 0 Å². The highest BCUT2D eigenvalue weighted by Crippen LogP contribution is 2.28. The predicted octanol–water partition coefficient (Wildman–Crippen LogP) is 3.60. The van der Waals surface area contributed by atoms with E-state index in [0.717, 1.165) is 45.2 Å². The number of carbonyl (C=O) groups excluding carboxylic acids is 1. The first-order valence-electron chi connectivity index (χ1n) is 6.81. The van der Waals surface area contributed by atoms with E-state index in [9.17, 15) is 14.9 Å². The van der Waals surface area contributed by atoms with Crippen LogP contribution in [0, 0.1) is 24.0 Å². The number of aromatic nitrogens is 1. The molecule has 3 rings (SSSR count). The third kappa shape index (κ3) is 3.07. The molecule has 23 heavy (non-hydrogen) atoms. The summed E-state index contributed by atoms with van der Waals surface area (Å²) in [5, 5.41) is 14.2. The van der Waals surface area contributed by atoms with Crippen LogP contribution in [0.25, 0.3) is 11.0 Å². The molecule has 0 aliphatic rings. The third-order valence-corrected chi connectivity index (χ3v) is 4.23. The number of benzene rings is 1. The normalized spacial score (nSPS) is 10.9. The number of amides is 1. The molecular formula is C15H13N3O4S. The van der Waals surface area contributed by atoms with E-state index in [2.05, 4.69) is 10.3 Å². The number of rotatable bonds is 4. The molecule has 3 aromatic rings. The molecule has 7 nitrogen and oxygen atoms in total. The molecule has 0 fully saturated rings. The fourth-order valence-electron chi connectivity index (χ4n) is 2.50. The van der Waals surface area contributed by atoms with Gasteiger partial charge in [-0.2, -0.15) is 0 Å². The topological polar surface area (TPSA) is 98.3 Å². The smallest absolute Gasteiger partial charge is 0.345 e. The van der Waals surface area contributed by atoms with Gasteiger partial charge in [-0.25, -0.2) is 4.98 Å². The summed E-state index contributed by atoms with van der Waals surface area (Å²) in [4.78, 5) is 26.0. The van der Waals surface area contributed by atoms with Crippen molar-refractivity contribution in [1.29, 1.82) is 0 Å². The predicted molar refractivity (Wildman–Crippen MR) is 86.8 cm³/mol. The van der Waals surface area contributed by atoms with Crippen molar-refractivity contribution in [2.45, 2.75) is 20.3 Å². The number of nitrogens with zero attached hydrogens (tertiary/aromatic N) is 2. The van der Waals surface area contributed by atoms with E-state index in [1.165, 1.54) is 0 Å². The third-order valence-electron chi connectivity index (χ3n) is 3.36. The molecule has 8 heteroatoms. The summed E-state index contributed by atoms with van der Waals surface area (Å²) in [5.41, 5.74) is 3.66. The van der Waals surface area contributed by atoms with Gasteiger partial charge < -0.3 is 9.73 Å². The minimum Gasteiger partial charge on any atom is -0.464 e. The number of fused-ring (bicyclic) bond motifs is 1. The molecule has 0 saturated heterocycles. The minimum atomic E-state index is -0.539. The van der Waals surface area contributed by atoms with Crippen LogP contribution >= 0.6 is 11.3 Å². The zero-order valence-corrected chi connectivity index (χ0v) is 13.3. The summed E-state index contributed by atoms with van der Waals surface area (Å²) in [6.45, 7) is 3.95. The SMILES string of the molecule is Cc1cc(C)c2c(CC(=O)Nc3ncc([N+](=O)[O-])s3)coc2c1. The van der Waals surface area contributed by atoms with E-state index >= 15 is 0 Å². The molecule has 0 saturated carbocycles. The highest BCUT2D eigenvalue weighted by Gasteiger charge is 2.16. The van der Waals surface area contributed by atoms with Crippen molar-refractivity contribution in [1.82, 2.24) is 4.98 Å². The second-order valence-corrected chi connectivity index (χ2v) is 6.21. The fraction of sp³-hybridized carbons (Fsp3) is 0.200. The summed E-state index contributed by atoms with van der Waals surface area (Å²) in [7, 11) is 0. The van der Waals surface area contributed by atoms with E-state index in [1.54, 1.807) is 6.26 Å². The number of furan rings is 1. The van der Waals surface area contributed by atoms with Crippen LogP contribution in [0.3, 0.4) is 0 Å². The van der Waals surface area contributed by atoms with Gasteiger partial charge in [0, 0.05) is 10.9 Å². The highest BCUT2D eigenvalue weighted by molar-refractivity contribution is 7.18. The summed E-state index contributed by atoms with van der Waals surface area (Å²) in [5.74, 6) is -0.295. The second-order valence-electron chi connectivity index (χ2n) is 5.20. The molecule has 118 valence electrons. The number of carbonyl (C=O) groups is 1. The maximum Gasteiger partial charge on any atom is 0.345 e. The van der Waals surface area contributed by atoms with Crippen LogP contribution in [0.2, 0.25) is 0 Å². The quantitative estimate of drug-likeness (QED) is 0.582. The van der Waals surface area contributed by atoms with E-state index in [4.69, 9.17) is 4.42 Å². The van der Waals surface area contributed by atoms with Crippen molar-refractivity contribution >= 4 is 38.3 Å². The lowest BCUT2D eigenvalue weighted by molar-refractivity contribution is -0.380. The first-order chi connectivity index (χ1) is 10.9. The molecule has 0 atom stereocenters. The lowest BCUT2D eigenvalue weighted by Gasteiger charge is -2.02. The standard InChI is InChI=1S/C15H13N3O4S/c1-8-3-9(2)14-10(7-22-11(14)4-8)5-12(19)17-15-16-6-13(23-15)18(20)21/h3-4,6-7H,5H2,1-2H3,(H,16,17,19). The Balaban J connectivity index is 1.79. The number of thiazole rings is 1. The molecule has 0 bridgehead atoms. The summed E-state index contributed by atoms with van der Waals surface area (Å²) in [6, 6.07) is 3.96. The maximum absolute atomic E-state index is 12.1. The molecule has 2 aromatic heterocycles. The first kappa shape index (κ1) is 15.2. The van der Waals surface area contributed by atoms with E-state index in [0.29, 0.717) is 0 Å². The Morgan fingerprint density at radius 2 is 2.22 bits per heavy atom. The molecule has 1 aromatic carbocycles. The van der Waals surface area contributed by atoms with Crippen molar-refractivity contribution in [3.05, 3.63) is 51.4 Å². The second kappa shape index (κ2) is 5.81. The van der Waals surface area contributed by atoms with Crippen LogP contribution in [0.5, 0.6) is 0 Å². The number of hydrogen-bond acceptors (Lipinski definition) is 6. The van der Waals surface area contributed by atoms with Gasteiger partial charge in [0.1, 0.15) is 11.8 Å². The zero-order valence-electron chi connectivity index (χ0n) is 12.5. The Hall–Kier alpha value is -2.74. The van der Waals surface area contributed by atoms with Crippen LogP contribution in [0.15, 0.2) is 29.0 Å². The summed E-state index contributed by atoms with van der Waals surface area (Å²) in [6.07, 6.45) is 2.81. The van der Waals surface area contributed by atoms with Crippen LogP contribution < -0.4 is 5.32 Å². The van der Waals surface area contributed by atoms with Crippen molar-refractivity contribution < 1.29 is 14.1 Å². The molecule has 0 radical (unpaired) electrons. The first-order valence-corrected chi connectivity index (χ1v) is 7.63. The van der Waals surface area contributed by atoms with Crippen LogP contribution in [-0.2, 0) is 11.2 Å². The molecule has 0 spiro atoms. The molecule has 0 aliphatic carbocycles. The minimum absolute atomic E-state index is 0.111. The van der Waals surface area contributed by atoms with Crippen molar-refractivity contribution in [3.63, 3.8) is 0 Å². The van der Waals surface area contributed by atoms with Gasteiger partial charge in [-0.3, -0.25) is 14.9 Å². The van der Waals surface area contributed by atoms with Gasteiger partial charge in [0.25, 0.3) is 0 Å².